The quantitative estimate of drug-likeness (QED) is 0.483. The van der Waals surface area contributed by atoms with Crippen molar-refractivity contribution in [2.24, 2.45) is 0 Å². The molecule has 0 amide bonds. The Labute approximate surface area is 152 Å². The first kappa shape index (κ1) is 16.4. The molecule has 0 aromatic heterocycles. The second-order valence-electron chi connectivity index (χ2n) is 6.62. The van der Waals surface area contributed by atoms with Crippen LogP contribution in [0, 0.1) is 13.8 Å². The molecule has 3 N–H and O–H groups in total. The van der Waals surface area contributed by atoms with Gasteiger partial charge in [0.05, 0.1) is 19.9 Å². The molecule has 0 saturated heterocycles. The Morgan fingerprint density at radius 1 is 0.885 bits per heavy atom. The highest BCUT2D eigenvalue weighted by atomic mass is 16.5. The molecular formula is C21H23N3O2. The Bertz CT molecular complexity index is 1050. The summed E-state index contributed by atoms with van der Waals surface area (Å²) in [6.07, 6.45) is 0. The molecule has 0 spiro atoms. The highest BCUT2D eigenvalue weighted by Gasteiger charge is 2.19. The second kappa shape index (κ2) is 6.33. The van der Waals surface area contributed by atoms with Crippen molar-refractivity contribution in [2.45, 2.75) is 20.4 Å². The van der Waals surface area contributed by atoms with Crippen molar-refractivity contribution in [3.05, 3.63) is 53.1 Å². The number of nitrogens with one attached hydrogen (secondary N) is 3. The van der Waals surface area contributed by atoms with Gasteiger partial charge in [-0.15, -0.1) is 0 Å². The first-order chi connectivity index (χ1) is 12.6. The largest absolute Gasteiger partial charge is 0.493 e. The van der Waals surface area contributed by atoms with Gasteiger partial charge in [0.25, 0.3) is 0 Å². The zero-order chi connectivity index (χ0) is 18.3. The van der Waals surface area contributed by atoms with Crippen LogP contribution in [0.5, 0.6) is 11.5 Å². The van der Waals surface area contributed by atoms with E-state index in [-0.39, 0.29) is 0 Å². The number of rotatable bonds is 5. The van der Waals surface area contributed by atoms with Crippen molar-refractivity contribution >= 4 is 16.6 Å². The first-order valence-electron chi connectivity index (χ1n) is 8.65. The van der Waals surface area contributed by atoms with Crippen LogP contribution in [-0.2, 0) is 6.54 Å². The molecule has 5 nitrogen and oxygen atoms in total. The number of aromatic amines is 2. The molecule has 26 heavy (non-hydrogen) atoms. The lowest BCUT2D eigenvalue weighted by Gasteiger charge is -2.07. The van der Waals surface area contributed by atoms with Crippen LogP contribution in [0.3, 0.4) is 0 Å². The van der Waals surface area contributed by atoms with E-state index in [2.05, 4.69) is 53.6 Å². The van der Waals surface area contributed by atoms with Crippen LogP contribution in [0.1, 0.15) is 16.7 Å². The number of hydrogen-bond donors (Lipinski definition) is 3. The van der Waals surface area contributed by atoms with Crippen molar-refractivity contribution < 1.29 is 9.47 Å². The average Bonchev–Trinajstić information content (AvgIpc) is 3.20. The first-order valence-corrected chi connectivity index (χ1v) is 8.65. The van der Waals surface area contributed by atoms with E-state index in [0.29, 0.717) is 0 Å². The van der Waals surface area contributed by atoms with Gasteiger partial charge in [0.1, 0.15) is 5.82 Å². The van der Waals surface area contributed by atoms with E-state index in [9.17, 15) is 0 Å². The van der Waals surface area contributed by atoms with Gasteiger partial charge in [0.15, 0.2) is 11.5 Å². The maximum Gasteiger partial charge on any atom is 0.161 e. The summed E-state index contributed by atoms with van der Waals surface area (Å²) in [5.74, 6) is 2.44. The lowest BCUT2D eigenvalue weighted by molar-refractivity contribution is 0.356. The molecule has 0 atom stereocenters. The third-order valence-corrected chi connectivity index (χ3v) is 5.02. The number of aromatic nitrogens is 2. The summed E-state index contributed by atoms with van der Waals surface area (Å²) in [7, 11) is 3.31. The van der Waals surface area contributed by atoms with E-state index >= 15 is 0 Å². The molecule has 1 heterocycles. The van der Waals surface area contributed by atoms with Crippen molar-refractivity contribution in [3.8, 4) is 22.8 Å². The third kappa shape index (κ3) is 2.65. The topological polar surface area (TPSA) is 62.1 Å². The van der Waals surface area contributed by atoms with Gasteiger partial charge in [-0.05, 0) is 54.1 Å². The fraction of sp³-hybridized carbons (Fsp3) is 0.238. The number of H-pyrrole nitrogens is 2. The number of anilines is 1. The van der Waals surface area contributed by atoms with Crippen LogP contribution in [0.2, 0.25) is 0 Å². The summed E-state index contributed by atoms with van der Waals surface area (Å²) >= 11 is 0. The van der Waals surface area contributed by atoms with E-state index in [1.807, 2.05) is 12.1 Å². The van der Waals surface area contributed by atoms with E-state index in [1.165, 1.54) is 16.7 Å². The molecule has 0 radical (unpaired) electrons. The van der Waals surface area contributed by atoms with Gasteiger partial charge >= 0.3 is 0 Å². The normalized spacial score (nSPS) is 11.2. The van der Waals surface area contributed by atoms with E-state index in [4.69, 9.17) is 9.47 Å². The van der Waals surface area contributed by atoms with Crippen LogP contribution >= 0.6 is 0 Å². The van der Waals surface area contributed by atoms with Gasteiger partial charge in [-0.3, -0.25) is 10.2 Å². The van der Waals surface area contributed by atoms with Gasteiger partial charge in [-0.2, -0.15) is 0 Å². The lowest BCUT2D eigenvalue weighted by atomic mass is 10.1. The summed E-state index contributed by atoms with van der Waals surface area (Å²) in [5, 5.41) is 12.2. The predicted molar refractivity (Wildman–Crippen MR) is 106 cm³/mol. The molecular weight excluding hydrogens is 326 g/mol. The monoisotopic (exact) mass is 349 g/mol. The van der Waals surface area contributed by atoms with Crippen molar-refractivity contribution in [3.63, 3.8) is 0 Å². The molecule has 2 aromatic carbocycles. The third-order valence-electron chi connectivity index (χ3n) is 5.02. The molecule has 2 aliphatic rings. The van der Waals surface area contributed by atoms with E-state index < -0.39 is 0 Å². The number of hydrogen-bond acceptors (Lipinski definition) is 3. The van der Waals surface area contributed by atoms with E-state index in [0.717, 1.165) is 45.9 Å². The highest BCUT2D eigenvalue weighted by Crippen LogP contribution is 2.42. The SMILES string of the molecule is COc1cc2cc3c(NCc4ccc(C)c(C)c4)[nH][nH]c-3c2cc1OC. The molecule has 4 rings (SSSR count). The fourth-order valence-corrected chi connectivity index (χ4v) is 3.37. The number of methoxy groups -OCH3 is 2. The number of aryl methyl sites for hydroxylation is 2. The zero-order valence-corrected chi connectivity index (χ0v) is 15.5. The van der Waals surface area contributed by atoms with Crippen molar-refractivity contribution in [2.75, 3.05) is 19.5 Å². The van der Waals surface area contributed by atoms with Crippen LogP contribution in [0.4, 0.5) is 5.82 Å². The van der Waals surface area contributed by atoms with Crippen molar-refractivity contribution in [1.82, 2.24) is 10.2 Å². The van der Waals surface area contributed by atoms with Gasteiger partial charge in [0, 0.05) is 17.5 Å². The summed E-state index contributed by atoms with van der Waals surface area (Å²) < 4.78 is 10.8. The maximum atomic E-state index is 5.43. The lowest BCUT2D eigenvalue weighted by Crippen LogP contribution is -2.01. The Morgan fingerprint density at radius 2 is 1.65 bits per heavy atom. The Kier molecular flexibility index (Phi) is 3.99. The summed E-state index contributed by atoms with van der Waals surface area (Å²) in [5.41, 5.74) is 6.07. The van der Waals surface area contributed by atoms with E-state index in [1.54, 1.807) is 14.2 Å². The van der Waals surface area contributed by atoms with Gasteiger partial charge < -0.3 is 14.8 Å². The van der Waals surface area contributed by atoms with Crippen LogP contribution in [0.15, 0.2) is 36.4 Å². The summed E-state index contributed by atoms with van der Waals surface area (Å²) in [4.78, 5) is 0. The van der Waals surface area contributed by atoms with Gasteiger partial charge in [0.2, 0.25) is 0 Å². The molecule has 134 valence electrons. The molecule has 2 aromatic rings. The second-order valence-corrected chi connectivity index (χ2v) is 6.62. The zero-order valence-electron chi connectivity index (χ0n) is 15.5. The fourth-order valence-electron chi connectivity index (χ4n) is 3.37. The number of fused-ring (bicyclic) bond motifs is 3. The molecule has 5 heteroatoms. The number of ether oxygens (including phenoxy) is 2. The van der Waals surface area contributed by atoms with Crippen molar-refractivity contribution in [1.29, 1.82) is 0 Å². The minimum Gasteiger partial charge on any atom is -0.493 e. The maximum absolute atomic E-state index is 5.43. The summed E-state index contributed by atoms with van der Waals surface area (Å²) in [6, 6.07) is 12.7. The minimum absolute atomic E-state index is 0.728. The standard InChI is InChI=1S/C21H23N3O2/c1-12-5-6-14(7-13(12)2)11-22-21-17-8-15-9-18(25-3)19(26-4)10-16(15)20(17)23-24-21/h5-10,22-24H,11H2,1-4H3. The van der Waals surface area contributed by atoms with Crippen LogP contribution in [-0.4, -0.2) is 24.4 Å². The minimum atomic E-state index is 0.728. The Hall–Kier alpha value is -3.08. The highest BCUT2D eigenvalue weighted by molar-refractivity contribution is 6.05. The predicted octanol–water partition coefficient (Wildman–Crippen LogP) is 4.85. The van der Waals surface area contributed by atoms with Crippen LogP contribution in [0.25, 0.3) is 22.0 Å². The number of benzene rings is 2. The van der Waals surface area contributed by atoms with Gasteiger partial charge in [-0.25, -0.2) is 0 Å². The van der Waals surface area contributed by atoms with Crippen LogP contribution < -0.4 is 14.8 Å². The van der Waals surface area contributed by atoms with Gasteiger partial charge in [-0.1, -0.05) is 18.2 Å². The molecule has 0 fully saturated rings. The smallest absolute Gasteiger partial charge is 0.161 e. The molecule has 1 aliphatic heterocycles. The summed E-state index contributed by atoms with van der Waals surface area (Å²) in [6.45, 7) is 5.04. The molecule has 0 bridgehead atoms. The molecule has 0 unspecified atom stereocenters. The average molecular weight is 349 g/mol. The Balaban J connectivity index is 1.65. The molecule has 0 saturated carbocycles. The molecule has 1 aliphatic carbocycles. The Morgan fingerprint density at radius 3 is 2.38 bits per heavy atom.